The molecule has 0 aliphatic carbocycles. The van der Waals surface area contributed by atoms with Crippen LogP contribution in [-0.4, -0.2) is 71.1 Å². The molecule has 1 fully saturated rings. The van der Waals surface area contributed by atoms with E-state index in [0.717, 1.165) is 39.3 Å². The van der Waals surface area contributed by atoms with Gasteiger partial charge in [0.1, 0.15) is 11.7 Å². The minimum Gasteiger partial charge on any atom is -0.480 e. The Hall–Kier alpha value is -1.93. The molecule has 1 atom stereocenters. The predicted molar refractivity (Wildman–Crippen MR) is 78.8 cm³/mol. The van der Waals surface area contributed by atoms with E-state index in [1.807, 2.05) is 0 Å². The molecule has 0 aromatic carbocycles. The molecule has 22 heavy (non-hydrogen) atoms. The second-order valence-electron chi connectivity index (χ2n) is 5.24. The van der Waals surface area contributed by atoms with E-state index >= 15 is 0 Å². The van der Waals surface area contributed by atoms with Gasteiger partial charge in [0.2, 0.25) is 0 Å². The van der Waals surface area contributed by atoms with Crippen molar-refractivity contribution in [3.8, 4) is 0 Å². The smallest absolute Gasteiger partial charge is 0.328 e. The van der Waals surface area contributed by atoms with Crippen molar-refractivity contribution in [1.29, 1.82) is 0 Å². The van der Waals surface area contributed by atoms with E-state index in [0.29, 0.717) is 6.54 Å². The van der Waals surface area contributed by atoms with Crippen molar-refractivity contribution in [3.05, 3.63) is 18.0 Å². The Bertz CT molecular complexity index is 511. The maximum Gasteiger partial charge on any atom is 0.328 e. The lowest BCUT2D eigenvalue weighted by atomic mass is 10.3. The van der Waals surface area contributed by atoms with Gasteiger partial charge < -0.3 is 15.2 Å². The average molecular weight is 310 g/mol. The topological polar surface area (TPSA) is 96.7 Å². The van der Waals surface area contributed by atoms with Crippen molar-refractivity contribution in [2.75, 3.05) is 39.4 Å². The first-order chi connectivity index (χ1) is 10.6. The molecule has 1 unspecified atom stereocenters. The van der Waals surface area contributed by atoms with Crippen LogP contribution < -0.4 is 5.32 Å². The third-order valence-corrected chi connectivity index (χ3v) is 3.67. The number of rotatable bonds is 7. The molecule has 0 radical (unpaired) electrons. The number of carbonyl (C=O) groups excluding carboxylic acids is 1. The number of carboxylic acid groups (broad SMARTS) is 1. The van der Waals surface area contributed by atoms with Crippen molar-refractivity contribution in [1.82, 2.24) is 20.0 Å². The summed E-state index contributed by atoms with van der Waals surface area (Å²) in [6.07, 6.45) is 2.27. The monoisotopic (exact) mass is 310 g/mol. The zero-order chi connectivity index (χ0) is 15.9. The third-order valence-electron chi connectivity index (χ3n) is 3.67. The molecule has 2 heterocycles. The largest absolute Gasteiger partial charge is 0.480 e. The lowest BCUT2D eigenvalue weighted by molar-refractivity contribution is -0.140. The fourth-order valence-corrected chi connectivity index (χ4v) is 2.33. The van der Waals surface area contributed by atoms with Crippen LogP contribution in [0, 0.1) is 0 Å². The number of nitrogens with one attached hydrogen (secondary N) is 1. The minimum atomic E-state index is -1.02. The first kappa shape index (κ1) is 16.4. The molecule has 0 saturated carbocycles. The first-order valence-electron chi connectivity index (χ1n) is 7.44. The summed E-state index contributed by atoms with van der Waals surface area (Å²) in [6.45, 7) is 6.33. The normalized spacial score (nSPS) is 17.1. The molecular formula is C14H22N4O4. The van der Waals surface area contributed by atoms with Crippen LogP contribution in [0.2, 0.25) is 0 Å². The molecular weight excluding hydrogens is 288 g/mol. The highest BCUT2D eigenvalue weighted by atomic mass is 16.5. The summed E-state index contributed by atoms with van der Waals surface area (Å²) >= 11 is 0. The fraction of sp³-hybridized carbons (Fsp3) is 0.643. The van der Waals surface area contributed by atoms with E-state index in [4.69, 9.17) is 9.84 Å². The van der Waals surface area contributed by atoms with Crippen LogP contribution in [0.5, 0.6) is 0 Å². The van der Waals surface area contributed by atoms with Crippen LogP contribution in [-0.2, 0) is 9.53 Å². The highest BCUT2D eigenvalue weighted by molar-refractivity contribution is 5.93. The summed E-state index contributed by atoms with van der Waals surface area (Å²) in [5.41, 5.74) is 0.265. The lowest BCUT2D eigenvalue weighted by Gasteiger charge is -2.26. The molecule has 2 N–H and O–H groups in total. The molecule has 2 rings (SSSR count). The van der Waals surface area contributed by atoms with E-state index in [9.17, 15) is 9.59 Å². The van der Waals surface area contributed by atoms with Crippen molar-refractivity contribution in [2.24, 2.45) is 0 Å². The zero-order valence-electron chi connectivity index (χ0n) is 12.7. The highest BCUT2D eigenvalue weighted by Gasteiger charge is 2.20. The summed E-state index contributed by atoms with van der Waals surface area (Å²) in [5.74, 6) is -1.32. The van der Waals surface area contributed by atoms with Gasteiger partial charge in [-0.1, -0.05) is 0 Å². The molecule has 0 bridgehead atoms. The van der Waals surface area contributed by atoms with E-state index in [1.165, 1.54) is 23.9 Å². The number of carbonyl (C=O) groups is 2. The molecule has 0 spiro atoms. The molecule has 1 saturated heterocycles. The average Bonchev–Trinajstić information content (AvgIpc) is 3.01. The van der Waals surface area contributed by atoms with Gasteiger partial charge in [-0.25, -0.2) is 9.48 Å². The Morgan fingerprint density at radius 1 is 1.45 bits per heavy atom. The first-order valence-corrected chi connectivity index (χ1v) is 7.44. The van der Waals surface area contributed by atoms with Gasteiger partial charge >= 0.3 is 5.97 Å². The number of aliphatic carboxylic acids is 1. The number of nitrogens with zero attached hydrogens (tertiary/aromatic N) is 3. The Labute approximate surface area is 129 Å². The fourth-order valence-electron chi connectivity index (χ4n) is 2.33. The van der Waals surface area contributed by atoms with Crippen LogP contribution in [0.4, 0.5) is 0 Å². The van der Waals surface area contributed by atoms with Gasteiger partial charge in [-0.15, -0.1) is 0 Å². The molecule has 8 heteroatoms. The third kappa shape index (κ3) is 4.28. The van der Waals surface area contributed by atoms with Gasteiger partial charge in [0.15, 0.2) is 0 Å². The second kappa shape index (κ2) is 7.90. The van der Waals surface area contributed by atoms with Gasteiger partial charge in [-0.2, -0.15) is 5.10 Å². The Balaban J connectivity index is 1.77. The molecule has 8 nitrogen and oxygen atoms in total. The Morgan fingerprint density at radius 2 is 2.18 bits per heavy atom. The zero-order valence-corrected chi connectivity index (χ0v) is 12.7. The van der Waals surface area contributed by atoms with Crippen LogP contribution in [0.25, 0.3) is 0 Å². The van der Waals surface area contributed by atoms with Crippen molar-refractivity contribution in [3.63, 3.8) is 0 Å². The van der Waals surface area contributed by atoms with Gasteiger partial charge in [0, 0.05) is 25.8 Å². The van der Waals surface area contributed by atoms with Crippen LogP contribution >= 0.6 is 0 Å². The van der Waals surface area contributed by atoms with E-state index in [-0.39, 0.29) is 11.6 Å². The molecule has 1 aromatic heterocycles. The molecule has 1 aliphatic heterocycles. The molecule has 1 aliphatic rings. The second-order valence-corrected chi connectivity index (χ2v) is 5.24. The maximum absolute atomic E-state index is 12.1. The Kier molecular flexibility index (Phi) is 5.91. The van der Waals surface area contributed by atoms with Gasteiger partial charge in [-0.05, 0) is 26.0 Å². The number of amides is 1. The number of aromatic nitrogens is 2. The predicted octanol–water partition coefficient (Wildman–Crippen LogP) is -0.0192. The van der Waals surface area contributed by atoms with E-state index in [2.05, 4.69) is 15.3 Å². The Morgan fingerprint density at radius 3 is 2.86 bits per heavy atom. The van der Waals surface area contributed by atoms with Crippen molar-refractivity contribution >= 4 is 11.9 Å². The summed E-state index contributed by atoms with van der Waals surface area (Å²) < 4.78 is 6.50. The summed E-state index contributed by atoms with van der Waals surface area (Å²) in [5, 5.41) is 15.7. The number of carboxylic acids is 1. The van der Waals surface area contributed by atoms with Crippen LogP contribution in [0.1, 0.15) is 29.9 Å². The van der Waals surface area contributed by atoms with Crippen molar-refractivity contribution in [2.45, 2.75) is 19.4 Å². The van der Waals surface area contributed by atoms with Crippen LogP contribution in [0.15, 0.2) is 12.3 Å². The number of hydrogen-bond acceptors (Lipinski definition) is 5. The molecule has 1 amide bonds. The lowest BCUT2D eigenvalue weighted by Crippen LogP contribution is -2.38. The summed E-state index contributed by atoms with van der Waals surface area (Å²) in [7, 11) is 0. The molecule has 1 aromatic rings. The SMILES string of the molecule is CC(C(=O)O)n1nccc1C(=O)NCCCN1CCOCC1. The highest BCUT2D eigenvalue weighted by Crippen LogP contribution is 2.09. The van der Waals surface area contributed by atoms with Crippen molar-refractivity contribution < 1.29 is 19.4 Å². The minimum absolute atomic E-state index is 0.265. The van der Waals surface area contributed by atoms with Gasteiger partial charge in [0.05, 0.1) is 13.2 Å². The summed E-state index contributed by atoms with van der Waals surface area (Å²) in [6, 6.07) is 0.653. The quantitative estimate of drug-likeness (QED) is 0.687. The summed E-state index contributed by atoms with van der Waals surface area (Å²) in [4.78, 5) is 25.4. The van der Waals surface area contributed by atoms with Gasteiger partial charge in [-0.3, -0.25) is 9.69 Å². The van der Waals surface area contributed by atoms with E-state index < -0.39 is 12.0 Å². The molecule has 122 valence electrons. The van der Waals surface area contributed by atoms with Gasteiger partial charge in [0.25, 0.3) is 5.91 Å². The maximum atomic E-state index is 12.1. The van der Waals surface area contributed by atoms with E-state index in [1.54, 1.807) is 0 Å². The standard InChI is InChI=1S/C14H22N4O4/c1-11(14(20)21)18-12(3-5-16-18)13(19)15-4-2-6-17-7-9-22-10-8-17/h3,5,11H,2,4,6-10H2,1H3,(H,15,19)(H,20,21). The van der Waals surface area contributed by atoms with Crippen LogP contribution in [0.3, 0.4) is 0 Å². The number of ether oxygens (including phenoxy) is 1. The number of morpholine rings is 1. The number of hydrogen-bond donors (Lipinski definition) is 2.